The Morgan fingerprint density at radius 2 is 1.25 bits per heavy atom. The minimum absolute atomic E-state index is 0.00787. The first-order valence-electron chi connectivity index (χ1n) is 5.85. The maximum Gasteiger partial charge on any atom is 0.350 e. The zero-order chi connectivity index (χ0) is 15.8. The summed E-state index contributed by atoms with van der Waals surface area (Å²) in [6.45, 7) is 3.08. The molecule has 0 rings (SSSR count). The Kier molecular flexibility index (Phi) is 6.30. The van der Waals surface area contributed by atoms with E-state index in [0.717, 1.165) is 14.2 Å². The fraction of sp³-hybridized carbons (Fsp3) is 0.667. The van der Waals surface area contributed by atoms with E-state index in [1.807, 2.05) is 0 Å². The smallest absolute Gasteiger partial charge is 0.350 e. The molecule has 8 nitrogen and oxygen atoms in total. The van der Waals surface area contributed by atoms with Crippen molar-refractivity contribution in [3.63, 3.8) is 0 Å². The summed E-state index contributed by atoms with van der Waals surface area (Å²) in [5.74, 6) is -1.81. The highest BCUT2D eigenvalue weighted by Crippen LogP contribution is 2.23. The first-order valence-corrected chi connectivity index (χ1v) is 5.85. The van der Waals surface area contributed by atoms with Crippen LogP contribution in [0.5, 0.6) is 0 Å². The van der Waals surface area contributed by atoms with Crippen molar-refractivity contribution in [1.82, 2.24) is 0 Å². The average molecular weight is 280 g/mol. The van der Waals surface area contributed by atoms with Crippen LogP contribution in [0.4, 0.5) is 0 Å². The number of rotatable bonds is 6. The van der Waals surface area contributed by atoms with Gasteiger partial charge in [0.05, 0.1) is 14.2 Å². The Morgan fingerprint density at radius 3 is 1.40 bits per heavy atom. The lowest BCUT2D eigenvalue weighted by molar-refractivity contribution is -0.147. The minimum Gasteiger partial charge on any atom is -0.466 e. The van der Waals surface area contributed by atoms with Gasteiger partial charge in [0, 0.05) is 0 Å². The molecule has 2 unspecified atom stereocenters. The predicted molar refractivity (Wildman–Crippen MR) is 66.2 cm³/mol. The molecule has 20 heavy (non-hydrogen) atoms. The van der Waals surface area contributed by atoms with Gasteiger partial charge in [0.25, 0.3) is 11.1 Å². The van der Waals surface area contributed by atoms with E-state index in [1.165, 1.54) is 13.8 Å². The lowest BCUT2D eigenvalue weighted by Crippen LogP contribution is -2.39. The van der Waals surface area contributed by atoms with Crippen LogP contribution < -0.4 is 0 Å². The van der Waals surface area contributed by atoms with Gasteiger partial charge < -0.3 is 9.47 Å². The summed E-state index contributed by atoms with van der Waals surface area (Å²) < 4.78 is 9.01. The van der Waals surface area contributed by atoms with Gasteiger partial charge in [-0.05, 0) is 12.8 Å². The normalized spacial score (nSPS) is 16.3. The van der Waals surface area contributed by atoms with E-state index in [9.17, 15) is 9.59 Å². The number of esters is 2. The number of hydrogen-bond acceptors (Lipinski definition) is 8. The molecule has 0 fully saturated rings. The second-order valence-corrected chi connectivity index (χ2v) is 3.83. The summed E-state index contributed by atoms with van der Waals surface area (Å²) in [6.07, 6.45) is -0.0157. The quantitative estimate of drug-likeness (QED) is 0.530. The molecule has 0 aliphatic heterocycles. The van der Waals surface area contributed by atoms with Crippen LogP contribution in [-0.2, 0) is 19.1 Å². The fourth-order valence-corrected chi connectivity index (χ4v) is 1.31. The summed E-state index contributed by atoms with van der Waals surface area (Å²) in [7, 11) is 2.22. The minimum atomic E-state index is -1.87. The first-order chi connectivity index (χ1) is 9.41. The van der Waals surface area contributed by atoms with Gasteiger partial charge >= 0.3 is 11.9 Å². The van der Waals surface area contributed by atoms with Gasteiger partial charge in [-0.25, -0.2) is 9.59 Å². The van der Waals surface area contributed by atoms with Crippen LogP contribution in [0.2, 0.25) is 0 Å². The molecule has 0 heterocycles. The maximum atomic E-state index is 11.6. The maximum absolute atomic E-state index is 11.6. The molecule has 2 atom stereocenters. The third kappa shape index (κ3) is 3.09. The van der Waals surface area contributed by atoms with Crippen molar-refractivity contribution in [3.05, 3.63) is 0 Å². The molecule has 0 aliphatic carbocycles. The molecular formula is C12H16N4O4. The predicted octanol–water partition coefficient (Wildman–Crippen LogP) is 1.13. The van der Waals surface area contributed by atoms with E-state index in [0.29, 0.717) is 0 Å². The summed E-state index contributed by atoms with van der Waals surface area (Å²) in [6, 6.07) is 3.39. The lowest BCUT2D eigenvalue weighted by Gasteiger charge is -2.20. The van der Waals surface area contributed by atoms with Crippen molar-refractivity contribution in [3.8, 4) is 12.1 Å². The van der Waals surface area contributed by atoms with Gasteiger partial charge in [-0.15, -0.1) is 0 Å². The number of azo groups is 1. The summed E-state index contributed by atoms with van der Waals surface area (Å²) in [5, 5.41) is 25.4. The Morgan fingerprint density at radius 1 is 0.950 bits per heavy atom. The molecular weight excluding hydrogens is 264 g/mol. The van der Waals surface area contributed by atoms with Crippen LogP contribution in [0.15, 0.2) is 10.2 Å². The third-order valence-electron chi connectivity index (χ3n) is 2.83. The highest BCUT2D eigenvalue weighted by Gasteiger charge is 2.43. The fourth-order valence-electron chi connectivity index (χ4n) is 1.31. The van der Waals surface area contributed by atoms with Crippen molar-refractivity contribution < 1.29 is 19.1 Å². The Labute approximate surface area is 117 Å². The lowest BCUT2D eigenvalue weighted by atomic mass is 9.98. The van der Waals surface area contributed by atoms with Gasteiger partial charge in [-0.3, -0.25) is 0 Å². The van der Waals surface area contributed by atoms with Gasteiger partial charge in [0.2, 0.25) is 0 Å². The molecule has 0 aromatic carbocycles. The van der Waals surface area contributed by atoms with Crippen LogP contribution >= 0.6 is 0 Å². The van der Waals surface area contributed by atoms with Crippen LogP contribution in [0.3, 0.4) is 0 Å². The third-order valence-corrected chi connectivity index (χ3v) is 2.83. The summed E-state index contributed by atoms with van der Waals surface area (Å²) >= 11 is 0. The van der Waals surface area contributed by atoms with E-state index in [4.69, 9.17) is 10.5 Å². The van der Waals surface area contributed by atoms with E-state index in [1.54, 1.807) is 12.1 Å². The van der Waals surface area contributed by atoms with Crippen LogP contribution in [0.1, 0.15) is 26.7 Å². The van der Waals surface area contributed by atoms with Crippen molar-refractivity contribution in [2.45, 2.75) is 37.8 Å². The van der Waals surface area contributed by atoms with E-state index < -0.39 is 23.0 Å². The van der Waals surface area contributed by atoms with Gasteiger partial charge in [0.15, 0.2) is 0 Å². The number of carbonyl (C=O) groups is 2. The molecule has 0 N–H and O–H groups in total. The second-order valence-electron chi connectivity index (χ2n) is 3.83. The largest absolute Gasteiger partial charge is 0.466 e. The Balaban J connectivity index is 5.73. The number of ether oxygens (including phenoxy) is 2. The van der Waals surface area contributed by atoms with E-state index in [2.05, 4.69) is 19.7 Å². The molecule has 0 spiro atoms. The van der Waals surface area contributed by atoms with Crippen LogP contribution in [0.25, 0.3) is 0 Å². The summed E-state index contributed by atoms with van der Waals surface area (Å²) in [4.78, 5) is 23.3. The topological polar surface area (TPSA) is 125 Å². The Hall–Kier alpha value is -2.48. The average Bonchev–Trinajstić information content (AvgIpc) is 2.51. The van der Waals surface area contributed by atoms with E-state index in [-0.39, 0.29) is 12.8 Å². The molecule has 0 saturated carbocycles. The molecule has 0 aromatic heterocycles. The highest BCUT2D eigenvalue weighted by atomic mass is 16.5. The molecule has 0 radical (unpaired) electrons. The first kappa shape index (κ1) is 17.5. The molecule has 108 valence electrons. The molecule has 0 aromatic rings. The summed E-state index contributed by atoms with van der Waals surface area (Å²) in [5.41, 5.74) is -3.75. The molecule has 8 heteroatoms. The SMILES string of the molecule is CCC(C#N)(N=NC(C#N)(CC)C(=O)OC)C(=O)OC. The van der Waals surface area contributed by atoms with Gasteiger partial charge in [-0.2, -0.15) is 20.8 Å². The van der Waals surface area contributed by atoms with Gasteiger partial charge in [0.1, 0.15) is 12.1 Å². The van der Waals surface area contributed by atoms with Gasteiger partial charge in [-0.1, -0.05) is 13.8 Å². The monoisotopic (exact) mass is 280 g/mol. The van der Waals surface area contributed by atoms with Crippen molar-refractivity contribution >= 4 is 11.9 Å². The number of nitrogens with zero attached hydrogens (tertiary/aromatic N) is 4. The number of methoxy groups -OCH3 is 2. The second kappa shape index (κ2) is 7.19. The van der Waals surface area contributed by atoms with Crippen molar-refractivity contribution in [1.29, 1.82) is 10.5 Å². The van der Waals surface area contributed by atoms with E-state index >= 15 is 0 Å². The molecule has 0 amide bonds. The van der Waals surface area contributed by atoms with Crippen LogP contribution in [0, 0.1) is 22.7 Å². The number of nitriles is 2. The zero-order valence-electron chi connectivity index (χ0n) is 11.8. The molecule has 0 aliphatic rings. The number of carbonyl (C=O) groups excluding carboxylic acids is 2. The highest BCUT2D eigenvalue weighted by molar-refractivity contribution is 5.85. The molecule has 0 saturated heterocycles. The standard InChI is InChI=1S/C12H16N4O4/c1-5-11(7-13,9(17)19-3)15-16-12(6-2,8-14)10(18)20-4/h5-6H2,1-4H3. The van der Waals surface area contributed by atoms with Crippen LogP contribution in [-0.4, -0.2) is 37.2 Å². The Bertz CT molecular complexity index is 447. The number of hydrogen-bond donors (Lipinski definition) is 0. The zero-order valence-corrected chi connectivity index (χ0v) is 11.8. The van der Waals surface area contributed by atoms with Crippen molar-refractivity contribution in [2.75, 3.05) is 14.2 Å². The molecule has 0 bridgehead atoms. The van der Waals surface area contributed by atoms with Crippen molar-refractivity contribution in [2.24, 2.45) is 10.2 Å².